The number of urea groups is 1. The van der Waals surface area contributed by atoms with Crippen LogP contribution in [0.4, 0.5) is 14.9 Å². The Labute approximate surface area is 148 Å². The molecular weight excluding hydrogens is 321 g/mol. The van der Waals surface area contributed by atoms with Crippen LogP contribution in [0.2, 0.25) is 0 Å². The number of carbonyl (C=O) groups excluding carboxylic acids is 2. The van der Waals surface area contributed by atoms with Crippen LogP contribution >= 0.6 is 0 Å². The molecule has 0 aromatic heterocycles. The van der Waals surface area contributed by atoms with E-state index in [9.17, 15) is 14.0 Å². The third-order valence-corrected chi connectivity index (χ3v) is 5.22. The van der Waals surface area contributed by atoms with Crippen molar-refractivity contribution in [1.29, 1.82) is 0 Å². The Morgan fingerprint density at radius 3 is 2.76 bits per heavy atom. The number of rotatable bonds is 1. The number of carbonyl (C=O) groups is 2. The van der Waals surface area contributed by atoms with E-state index in [2.05, 4.69) is 10.6 Å². The molecule has 3 amide bonds. The molecule has 1 aliphatic carbocycles. The van der Waals surface area contributed by atoms with Crippen molar-refractivity contribution in [3.63, 3.8) is 0 Å². The molecule has 2 fully saturated rings. The molecule has 6 heteroatoms. The molecule has 5 nitrogen and oxygen atoms in total. The first-order valence-electron chi connectivity index (χ1n) is 9.26. The molecule has 2 N–H and O–H groups in total. The fourth-order valence-corrected chi connectivity index (χ4v) is 3.89. The monoisotopic (exact) mass is 347 g/mol. The first-order chi connectivity index (χ1) is 12.2. The van der Waals surface area contributed by atoms with E-state index in [0.717, 1.165) is 44.9 Å². The molecule has 0 radical (unpaired) electrons. The maximum atomic E-state index is 13.9. The lowest BCUT2D eigenvalue weighted by Crippen LogP contribution is -2.48. The molecule has 0 bridgehead atoms. The number of hydrogen-bond donors (Lipinski definition) is 2. The number of benzene rings is 1. The molecule has 0 spiro atoms. The van der Waals surface area contributed by atoms with Crippen LogP contribution < -0.4 is 10.6 Å². The summed E-state index contributed by atoms with van der Waals surface area (Å²) in [5, 5.41) is 5.70. The highest BCUT2D eigenvalue weighted by Gasteiger charge is 2.38. The summed E-state index contributed by atoms with van der Waals surface area (Å²) < 4.78 is 13.9. The highest BCUT2D eigenvalue weighted by atomic mass is 19.1. The summed E-state index contributed by atoms with van der Waals surface area (Å²) in [4.78, 5) is 27.1. The van der Waals surface area contributed by atoms with Crippen molar-refractivity contribution < 1.29 is 14.0 Å². The predicted octanol–water partition coefficient (Wildman–Crippen LogP) is 3.52. The van der Waals surface area contributed by atoms with Gasteiger partial charge in [0.25, 0.3) is 0 Å². The van der Waals surface area contributed by atoms with Crippen molar-refractivity contribution in [3.8, 4) is 0 Å². The fourth-order valence-electron chi connectivity index (χ4n) is 3.89. The fraction of sp³-hybridized carbons (Fsp3) is 0.579. The van der Waals surface area contributed by atoms with E-state index in [4.69, 9.17) is 0 Å². The number of para-hydroxylation sites is 1. The number of halogens is 1. The van der Waals surface area contributed by atoms with Gasteiger partial charge in [0, 0.05) is 19.1 Å². The van der Waals surface area contributed by atoms with Gasteiger partial charge in [-0.05, 0) is 37.8 Å². The molecular formula is C19H26FN3O2. The second-order valence-corrected chi connectivity index (χ2v) is 6.91. The van der Waals surface area contributed by atoms with Crippen molar-refractivity contribution in [3.05, 3.63) is 30.1 Å². The van der Waals surface area contributed by atoms with E-state index in [-0.39, 0.29) is 29.6 Å². The number of nitrogens with zero attached hydrogens (tertiary/aromatic N) is 1. The number of anilines is 1. The highest BCUT2D eigenvalue weighted by molar-refractivity contribution is 5.90. The van der Waals surface area contributed by atoms with Gasteiger partial charge in [-0.25, -0.2) is 9.18 Å². The smallest absolute Gasteiger partial charge is 0.322 e. The molecule has 1 aromatic rings. The summed E-state index contributed by atoms with van der Waals surface area (Å²) in [6, 6.07) is 5.75. The largest absolute Gasteiger partial charge is 0.356 e. The molecule has 25 heavy (non-hydrogen) atoms. The van der Waals surface area contributed by atoms with Crippen LogP contribution in [0.3, 0.4) is 0 Å². The van der Waals surface area contributed by atoms with Gasteiger partial charge in [0.1, 0.15) is 5.82 Å². The van der Waals surface area contributed by atoms with Gasteiger partial charge in [-0.1, -0.05) is 31.4 Å². The predicted molar refractivity (Wildman–Crippen MR) is 94.7 cm³/mol. The van der Waals surface area contributed by atoms with E-state index >= 15 is 0 Å². The van der Waals surface area contributed by atoms with Crippen LogP contribution in [0.1, 0.15) is 44.9 Å². The van der Waals surface area contributed by atoms with E-state index in [0.29, 0.717) is 13.1 Å². The Hall–Kier alpha value is -2.11. The van der Waals surface area contributed by atoms with Gasteiger partial charge in [0.15, 0.2) is 0 Å². The van der Waals surface area contributed by atoms with Gasteiger partial charge >= 0.3 is 6.03 Å². The summed E-state index contributed by atoms with van der Waals surface area (Å²) in [6.45, 7) is 1.32. The SMILES string of the molecule is O=C1NCCCCCCN(C(=O)Nc2ccccc2F)[C@H]2CCC[C@@H]12. The van der Waals surface area contributed by atoms with Crippen LogP contribution in [0.15, 0.2) is 24.3 Å². The van der Waals surface area contributed by atoms with Gasteiger partial charge in [0.05, 0.1) is 11.6 Å². The van der Waals surface area contributed by atoms with Crippen LogP contribution in [0, 0.1) is 11.7 Å². The topological polar surface area (TPSA) is 61.4 Å². The zero-order valence-electron chi connectivity index (χ0n) is 14.5. The van der Waals surface area contributed by atoms with Crippen LogP contribution in [-0.4, -0.2) is 36.0 Å². The summed E-state index contributed by atoms with van der Waals surface area (Å²) in [6.07, 6.45) is 6.51. The molecule has 1 aromatic carbocycles. The van der Waals surface area contributed by atoms with Gasteiger partial charge in [-0.3, -0.25) is 4.79 Å². The first kappa shape index (κ1) is 17.7. The Kier molecular flexibility index (Phi) is 5.89. The molecule has 1 saturated heterocycles. The average molecular weight is 347 g/mol. The summed E-state index contributed by atoms with van der Waals surface area (Å²) in [7, 11) is 0. The van der Waals surface area contributed by atoms with Crippen molar-refractivity contribution in [2.24, 2.45) is 5.92 Å². The van der Waals surface area contributed by atoms with E-state index < -0.39 is 5.82 Å². The van der Waals surface area contributed by atoms with Gasteiger partial charge in [-0.2, -0.15) is 0 Å². The lowest BCUT2D eigenvalue weighted by molar-refractivity contribution is -0.126. The van der Waals surface area contributed by atoms with E-state index in [1.807, 2.05) is 0 Å². The van der Waals surface area contributed by atoms with Crippen LogP contribution in [-0.2, 0) is 4.79 Å². The van der Waals surface area contributed by atoms with Crippen LogP contribution in [0.25, 0.3) is 0 Å². The molecule has 0 unspecified atom stereocenters. The summed E-state index contributed by atoms with van der Waals surface area (Å²) >= 11 is 0. The minimum absolute atomic E-state index is 0.0492. The molecule has 1 aliphatic heterocycles. The molecule has 2 aliphatic rings. The minimum Gasteiger partial charge on any atom is -0.356 e. The van der Waals surface area contributed by atoms with Gasteiger partial charge in [0.2, 0.25) is 5.91 Å². The van der Waals surface area contributed by atoms with Crippen molar-refractivity contribution >= 4 is 17.6 Å². The van der Waals surface area contributed by atoms with E-state index in [1.54, 1.807) is 23.1 Å². The number of nitrogens with one attached hydrogen (secondary N) is 2. The molecule has 1 heterocycles. The lowest BCUT2D eigenvalue weighted by Gasteiger charge is -2.32. The number of fused-ring (bicyclic) bond motifs is 1. The molecule has 136 valence electrons. The quantitative estimate of drug-likeness (QED) is 0.816. The lowest BCUT2D eigenvalue weighted by atomic mass is 10.0. The molecule has 2 atom stereocenters. The third-order valence-electron chi connectivity index (χ3n) is 5.22. The molecule has 3 rings (SSSR count). The van der Waals surface area contributed by atoms with Crippen LogP contribution in [0.5, 0.6) is 0 Å². The van der Waals surface area contributed by atoms with Crippen molar-refractivity contribution in [1.82, 2.24) is 10.2 Å². The first-order valence-corrected chi connectivity index (χ1v) is 9.26. The van der Waals surface area contributed by atoms with Crippen molar-refractivity contribution in [2.75, 3.05) is 18.4 Å². The Balaban J connectivity index is 1.78. The standard InChI is InChI=1S/C19H26FN3O2/c20-15-9-3-4-10-16(15)22-19(25)23-13-6-2-1-5-12-21-18(24)14-8-7-11-17(14)23/h3-4,9-10,14,17H,1-2,5-8,11-13H2,(H,21,24)(H,22,25)/t14-,17+/m1/s1. The second kappa shape index (κ2) is 8.32. The number of amides is 3. The highest BCUT2D eigenvalue weighted by Crippen LogP contribution is 2.31. The Bertz CT molecular complexity index is 622. The average Bonchev–Trinajstić information content (AvgIpc) is 3.07. The van der Waals surface area contributed by atoms with E-state index in [1.165, 1.54) is 6.07 Å². The second-order valence-electron chi connectivity index (χ2n) is 6.91. The van der Waals surface area contributed by atoms with Gasteiger partial charge < -0.3 is 15.5 Å². The summed E-state index contributed by atoms with van der Waals surface area (Å²) in [5.74, 6) is -0.563. The maximum Gasteiger partial charge on any atom is 0.322 e. The Morgan fingerprint density at radius 1 is 1.12 bits per heavy atom. The third kappa shape index (κ3) is 4.30. The normalized spacial score (nSPS) is 24.8. The molecule has 1 saturated carbocycles. The zero-order chi connectivity index (χ0) is 17.6. The minimum atomic E-state index is -0.450. The maximum absolute atomic E-state index is 13.9. The Morgan fingerprint density at radius 2 is 1.92 bits per heavy atom. The van der Waals surface area contributed by atoms with Gasteiger partial charge in [-0.15, -0.1) is 0 Å². The zero-order valence-corrected chi connectivity index (χ0v) is 14.5. The summed E-state index contributed by atoms with van der Waals surface area (Å²) in [5.41, 5.74) is 0.181. The number of hydrogen-bond acceptors (Lipinski definition) is 2. The van der Waals surface area contributed by atoms with Crippen molar-refractivity contribution in [2.45, 2.75) is 51.0 Å².